The predicted octanol–water partition coefficient (Wildman–Crippen LogP) is 4.01. The van der Waals surface area contributed by atoms with Crippen molar-refractivity contribution in [3.63, 3.8) is 0 Å². The minimum atomic E-state index is -0.612. The van der Waals surface area contributed by atoms with Crippen LogP contribution in [0.15, 0.2) is 43.0 Å². The first-order chi connectivity index (χ1) is 8.99. The fourth-order valence-corrected chi connectivity index (χ4v) is 1.83. The first-order valence-corrected chi connectivity index (χ1v) is 5.93. The molecule has 19 heavy (non-hydrogen) atoms. The first kappa shape index (κ1) is 15.2. The molecule has 1 aromatic rings. The number of rotatable bonds is 6. The number of hydrogen-bond acceptors (Lipinski definition) is 4. The Morgan fingerprint density at radius 2 is 2.21 bits per heavy atom. The Hall–Kier alpha value is -1.85. The van der Waals surface area contributed by atoms with E-state index in [-0.39, 0.29) is 21.7 Å². The normalized spacial score (nSPS) is 10.9. The standard InChI is InChI=1S/C12H11Cl2N3O2/c1-3-5-8(4-2)7-15-9-6-10(13)16-12(14)11(9)17(18)19/h3-6H,1-2,7H2,(H,15,16)/b8-5+. The van der Waals surface area contributed by atoms with E-state index >= 15 is 0 Å². The Balaban J connectivity index is 3.06. The number of hydrogen-bond donors (Lipinski definition) is 1. The summed E-state index contributed by atoms with van der Waals surface area (Å²) in [6.07, 6.45) is 4.95. The van der Waals surface area contributed by atoms with Crippen LogP contribution in [0.2, 0.25) is 10.3 Å². The molecule has 1 aromatic heterocycles. The molecule has 1 rings (SSSR count). The van der Waals surface area contributed by atoms with Crippen LogP contribution in [-0.4, -0.2) is 16.5 Å². The van der Waals surface area contributed by atoms with Gasteiger partial charge in [-0.1, -0.05) is 54.6 Å². The van der Waals surface area contributed by atoms with Crippen molar-refractivity contribution in [1.82, 2.24) is 4.98 Å². The van der Waals surface area contributed by atoms with Crippen LogP contribution in [0, 0.1) is 10.1 Å². The maximum atomic E-state index is 10.9. The van der Waals surface area contributed by atoms with Crippen molar-refractivity contribution in [3.8, 4) is 0 Å². The minimum Gasteiger partial charge on any atom is -0.375 e. The molecule has 0 bridgehead atoms. The van der Waals surface area contributed by atoms with Gasteiger partial charge in [0.05, 0.1) is 4.92 Å². The number of nitrogens with one attached hydrogen (secondary N) is 1. The summed E-state index contributed by atoms with van der Waals surface area (Å²) in [5, 5.41) is 13.6. The van der Waals surface area contributed by atoms with Crippen molar-refractivity contribution in [3.05, 3.63) is 63.4 Å². The monoisotopic (exact) mass is 299 g/mol. The average molecular weight is 300 g/mol. The van der Waals surface area contributed by atoms with Crippen LogP contribution in [0.3, 0.4) is 0 Å². The summed E-state index contributed by atoms with van der Waals surface area (Å²) in [4.78, 5) is 14.0. The summed E-state index contributed by atoms with van der Waals surface area (Å²) < 4.78 is 0. The van der Waals surface area contributed by atoms with E-state index in [1.165, 1.54) is 6.07 Å². The van der Waals surface area contributed by atoms with E-state index in [1.807, 2.05) is 0 Å². The van der Waals surface area contributed by atoms with E-state index in [0.29, 0.717) is 6.54 Å². The fraction of sp³-hybridized carbons (Fsp3) is 0.0833. The topological polar surface area (TPSA) is 68.1 Å². The van der Waals surface area contributed by atoms with Gasteiger partial charge in [0.2, 0.25) is 5.15 Å². The first-order valence-electron chi connectivity index (χ1n) is 5.18. The number of anilines is 1. The van der Waals surface area contributed by atoms with Gasteiger partial charge in [0.25, 0.3) is 0 Å². The molecule has 0 aliphatic carbocycles. The van der Waals surface area contributed by atoms with Gasteiger partial charge in [-0.25, -0.2) is 4.98 Å². The third kappa shape index (κ3) is 4.08. The van der Waals surface area contributed by atoms with Crippen LogP contribution in [0.4, 0.5) is 11.4 Å². The molecule has 0 aliphatic heterocycles. The molecule has 0 fully saturated rings. The highest BCUT2D eigenvalue weighted by molar-refractivity contribution is 6.34. The molecule has 1 heterocycles. The lowest BCUT2D eigenvalue weighted by atomic mass is 10.2. The van der Waals surface area contributed by atoms with E-state index in [0.717, 1.165) is 5.57 Å². The summed E-state index contributed by atoms with van der Waals surface area (Å²) in [6.45, 7) is 7.52. The van der Waals surface area contributed by atoms with Gasteiger partial charge in [-0.3, -0.25) is 10.1 Å². The largest absolute Gasteiger partial charge is 0.375 e. The zero-order valence-electron chi connectivity index (χ0n) is 9.90. The summed E-state index contributed by atoms with van der Waals surface area (Å²) in [5.41, 5.74) is 0.702. The van der Waals surface area contributed by atoms with Crippen molar-refractivity contribution < 1.29 is 4.92 Å². The van der Waals surface area contributed by atoms with Gasteiger partial charge >= 0.3 is 5.69 Å². The van der Waals surface area contributed by atoms with Gasteiger partial charge in [-0.05, 0) is 5.57 Å². The third-order valence-corrected chi connectivity index (χ3v) is 2.64. The number of halogens is 2. The zero-order chi connectivity index (χ0) is 14.4. The second-order valence-corrected chi connectivity index (χ2v) is 4.17. The van der Waals surface area contributed by atoms with Crippen molar-refractivity contribution in [1.29, 1.82) is 0 Å². The van der Waals surface area contributed by atoms with Crippen molar-refractivity contribution in [2.75, 3.05) is 11.9 Å². The lowest BCUT2D eigenvalue weighted by molar-refractivity contribution is -0.384. The third-order valence-electron chi connectivity index (χ3n) is 2.18. The van der Waals surface area contributed by atoms with Crippen LogP contribution in [-0.2, 0) is 0 Å². The molecule has 0 radical (unpaired) electrons. The Labute approximate surface area is 120 Å². The molecule has 5 nitrogen and oxygen atoms in total. The lowest BCUT2D eigenvalue weighted by Crippen LogP contribution is -2.06. The van der Waals surface area contributed by atoms with Crippen molar-refractivity contribution >= 4 is 34.6 Å². The minimum absolute atomic E-state index is 0.0750. The van der Waals surface area contributed by atoms with Crippen LogP contribution >= 0.6 is 23.2 Å². The molecular formula is C12H11Cl2N3O2. The number of aromatic nitrogens is 1. The Morgan fingerprint density at radius 3 is 2.74 bits per heavy atom. The highest BCUT2D eigenvalue weighted by Crippen LogP contribution is 2.33. The van der Waals surface area contributed by atoms with E-state index < -0.39 is 4.92 Å². The van der Waals surface area contributed by atoms with Crippen molar-refractivity contribution in [2.45, 2.75) is 0 Å². The Morgan fingerprint density at radius 1 is 1.53 bits per heavy atom. The number of nitro groups is 1. The van der Waals surface area contributed by atoms with Crippen molar-refractivity contribution in [2.24, 2.45) is 0 Å². The van der Waals surface area contributed by atoms with E-state index in [9.17, 15) is 10.1 Å². The maximum Gasteiger partial charge on any atom is 0.329 e. The molecule has 100 valence electrons. The van der Waals surface area contributed by atoms with Gasteiger partial charge in [-0.15, -0.1) is 0 Å². The smallest absolute Gasteiger partial charge is 0.329 e. The molecule has 0 aliphatic rings. The fourth-order valence-electron chi connectivity index (χ4n) is 1.33. The van der Waals surface area contributed by atoms with Gasteiger partial charge < -0.3 is 5.32 Å². The highest BCUT2D eigenvalue weighted by atomic mass is 35.5. The second-order valence-electron chi connectivity index (χ2n) is 3.42. The molecule has 0 spiro atoms. The maximum absolute atomic E-state index is 10.9. The van der Waals surface area contributed by atoms with Crippen LogP contribution in [0.25, 0.3) is 0 Å². The highest BCUT2D eigenvalue weighted by Gasteiger charge is 2.21. The molecular weight excluding hydrogens is 289 g/mol. The summed E-state index contributed by atoms with van der Waals surface area (Å²) in [6, 6.07) is 1.35. The molecule has 0 amide bonds. The number of allylic oxidation sites excluding steroid dienone is 2. The number of nitrogens with zero attached hydrogens (tertiary/aromatic N) is 2. The zero-order valence-corrected chi connectivity index (χ0v) is 11.4. The van der Waals surface area contributed by atoms with Crippen LogP contribution < -0.4 is 5.32 Å². The quantitative estimate of drug-likeness (QED) is 0.373. The van der Waals surface area contributed by atoms with Gasteiger partial charge in [0.1, 0.15) is 10.8 Å². The second kappa shape index (κ2) is 6.92. The summed E-state index contributed by atoms with van der Waals surface area (Å²) in [7, 11) is 0. The molecule has 0 unspecified atom stereocenters. The molecule has 1 N–H and O–H groups in total. The molecule has 0 atom stereocenters. The van der Waals surface area contributed by atoms with Crippen LogP contribution in [0.5, 0.6) is 0 Å². The Kier molecular flexibility index (Phi) is 5.54. The molecule has 0 aromatic carbocycles. The molecule has 0 saturated heterocycles. The Bertz CT molecular complexity index is 556. The molecule has 0 saturated carbocycles. The van der Waals surface area contributed by atoms with E-state index in [2.05, 4.69) is 23.5 Å². The SMILES string of the molecule is C=C/C=C(\C=C)CNc1cc(Cl)nc(Cl)c1[N+](=O)[O-]. The van der Waals surface area contributed by atoms with Gasteiger partial charge in [-0.2, -0.15) is 0 Å². The van der Waals surface area contributed by atoms with Crippen LogP contribution in [0.1, 0.15) is 0 Å². The van der Waals surface area contributed by atoms with E-state index in [4.69, 9.17) is 23.2 Å². The number of pyridine rings is 1. The lowest BCUT2D eigenvalue weighted by Gasteiger charge is -2.08. The average Bonchev–Trinajstić information content (AvgIpc) is 2.32. The summed E-state index contributed by atoms with van der Waals surface area (Å²) in [5.74, 6) is 0. The van der Waals surface area contributed by atoms with Gasteiger partial charge in [0, 0.05) is 12.6 Å². The summed E-state index contributed by atoms with van der Waals surface area (Å²) >= 11 is 11.4. The predicted molar refractivity (Wildman–Crippen MR) is 77.9 cm³/mol. The molecule has 7 heteroatoms. The van der Waals surface area contributed by atoms with Gasteiger partial charge in [0.15, 0.2) is 0 Å². The van der Waals surface area contributed by atoms with E-state index in [1.54, 1.807) is 18.2 Å².